The molecular formula is C15H13ClO3. The van der Waals surface area contributed by atoms with Gasteiger partial charge in [0.2, 0.25) is 0 Å². The van der Waals surface area contributed by atoms with E-state index in [2.05, 4.69) is 0 Å². The summed E-state index contributed by atoms with van der Waals surface area (Å²) in [5, 5.41) is 9.32. The molecule has 0 atom stereocenters. The van der Waals surface area contributed by atoms with E-state index >= 15 is 0 Å². The van der Waals surface area contributed by atoms with E-state index in [-0.39, 0.29) is 5.56 Å². The lowest BCUT2D eigenvalue weighted by molar-refractivity contribution is 0.0697. The Morgan fingerprint density at radius 2 is 1.89 bits per heavy atom. The van der Waals surface area contributed by atoms with Crippen LogP contribution in [0.4, 0.5) is 0 Å². The monoisotopic (exact) mass is 276 g/mol. The first kappa shape index (κ1) is 13.4. The molecule has 0 saturated carbocycles. The van der Waals surface area contributed by atoms with Crippen LogP contribution in [0.5, 0.6) is 5.75 Å². The molecule has 0 spiro atoms. The number of carbonyl (C=O) groups is 1. The van der Waals surface area contributed by atoms with Gasteiger partial charge >= 0.3 is 5.97 Å². The summed E-state index contributed by atoms with van der Waals surface area (Å²) in [6.07, 6.45) is 0. The predicted octanol–water partition coefficient (Wildman–Crippen LogP) is 4.02. The van der Waals surface area contributed by atoms with Crippen LogP contribution in [0.15, 0.2) is 36.4 Å². The number of aryl methyl sites for hydroxylation is 1. The summed E-state index contributed by atoms with van der Waals surface area (Å²) in [4.78, 5) is 10.9. The maximum atomic E-state index is 10.9. The molecule has 0 unspecified atom stereocenters. The van der Waals surface area contributed by atoms with Crippen molar-refractivity contribution in [3.63, 3.8) is 0 Å². The first-order valence-corrected chi connectivity index (χ1v) is 6.08. The van der Waals surface area contributed by atoms with Gasteiger partial charge in [0.1, 0.15) is 5.75 Å². The van der Waals surface area contributed by atoms with Gasteiger partial charge < -0.3 is 9.84 Å². The SMILES string of the molecule is COc1ccc(C)cc1-c1ccc(C(=O)O)cc1Cl. The van der Waals surface area contributed by atoms with Gasteiger partial charge in [-0.05, 0) is 31.2 Å². The van der Waals surface area contributed by atoms with E-state index in [1.54, 1.807) is 13.2 Å². The van der Waals surface area contributed by atoms with Gasteiger partial charge in [-0.25, -0.2) is 4.79 Å². The van der Waals surface area contributed by atoms with Crippen molar-refractivity contribution in [2.75, 3.05) is 7.11 Å². The van der Waals surface area contributed by atoms with Crippen molar-refractivity contribution in [1.82, 2.24) is 0 Å². The number of carboxylic acid groups (broad SMARTS) is 1. The largest absolute Gasteiger partial charge is 0.496 e. The molecule has 0 saturated heterocycles. The molecule has 0 amide bonds. The summed E-state index contributed by atoms with van der Waals surface area (Å²) < 4.78 is 5.31. The molecular weight excluding hydrogens is 264 g/mol. The highest BCUT2D eigenvalue weighted by Crippen LogP contribution is 2.35. The van der Waals surface area contributed by atoms with Gasteiger partial charge in [0.15, 0.2) is 0 Å². The number of carboxylic acids is 1. The van der Waals surface area contributed by atoms with Crippen molar-refractivity contribution >= 4 is 17.6 Å². The molecule has 0 heterocycles. The van der Waals surface area contributed by atoms with E-state index in [1.807, 2.05) is 25.1 Å². The lowest BCUT2D eigenvalue weighted by Crippen LogP contribution is -1.96. The van der Waals surface area contributed by atoms with Crippen molar-refractivity contribution in [1.29, 1.82) is 0 Å². The maximum Gasteiger partial charge on any atom is 0.335 e. The average molecular weight is 277 g/mol. The zero-order valence-corrected chi connectivity index (χ0v) is 11.4. The number of methoxy groups -OCH3 is 1. The number of ether oxygens (including phenoxy) is 1. The Kier molecular flexibility index (Phi) is 3.76. The zero-order chi connectivity index (χ0) is 14.0. The van der Waals surface area contributed by atoms with Crippen LogP contribution in [0.25, 0.3) is 11.1 Å². The fraction of sp³-hybridized carbons (Fsp3) is 0.133. The van der Waals surface area contributed by atoms with E-state index in [0.29, 0.717) is 10.8 Å². The summed E-state index contributed by atoms with van der Waals surface area (Å²) in [5.74, 6) is -0.291. The van der Waals surface area contributed by atoms with Crippen LogP contribution in [0, 0.1) is 6.92 Å². The van der Waals surface area contributed by atoms with E-state index < -0.39 is 5.97 Å². The van der Waals surface area contributed by atoms with Crippen molar-refractivity contribution in [3.05, 3.63) is 52.5 Å². The second-order valence-electron chi connectivity index (χ2n) is 4.20. The first-order valence-electron chi connectivity index (χ1n) is 5.71. The number of hydrogen-bond acceptors (Lipinski definition) is 2. The number of benzene rings is 2. The quantitative estimate of drug-likeness (QED) is 0.921. The van der Waals surface area contributed by atoms with Crippen LogP contribution in [0.2, 0.25) is 5.02 Å². The van der Waals surface area contributed by atoms with Crippen molar-refractivity contribution in [3.8, 4) is 16.9 Å². The molecule has 2 aromatic rings. The summed E-state index contributed by atoms with van der Waals surface area (Å²) in [6.45, 7) is 1.97. The Morgan fingerprint density at radius 3 is 2.47 bits per heavy atom. The zero-order valence-electron chi connectivity index (χ0n) is 10.6. The average Bonchev–Trinajstić information content (AvgIpc) is 2.38. The van der Waals surface area contributed by atoms with Crippen molar-refractivity contribution < 1.29 is 14.6 Å². The minimum Gasteiger partial charge on any atom is -0.496 e. The second kappa shape index (κ2) is 5.33. The van der Waals surface area contributed by atoms with Crippen LogP contribution >= 0.6 is 11.6 Å². The van der Waals surface area contributed by atoms with Crippen LogP contribution in [-0.4, -0.2) is 18.2 Å². The third kappa shape index (κ3) is 2.71. The minimum absolute atomic E-state index is 0.167. The molecule has 0 aliphatic rings. The van der Waals surface area contributed by atoms with Gasteiger partial charge in [0, 0.05) is 16.1 Å². The van der Waals surface area contributed by atoms with E-state index in [4.69, 9.17) is 21.4 Å². The highest BCUT2D eigenvalue weighted by atomic mass is 35.5. The summed E-state index contributed by atoms with van der Waals surface area (Å²) in [6, 6.07) is 10.4. The molecule has 0 bridgehead atoms. The highest BCUT2D eigenvalue weighted by Gasteiger charge is 2.12. The number of hydrogen-bond donors (Lipinski definition) is 1. The molecule has 0 radical (unpaired) electrons. The minimum atomic E-state index is -0.996. The van der Waals surface area contributed by atoms with Gasteiger partial charge in [0.05, 0.1) is 12.7 Å². The lowest BCUT2D eigenvalue weighted by atomic mass is 10.0. The van der Waals surface area contributed by atoms with Crippen LogP contribution in [0.3, 0.4) is 0 Å². The predicted molar refractivity (Wildman–Crippen MR) is 75.1 cm³/mol. The smallest absolute Gasteiger partial charge is 0.335 e. The van der Waals surface area contributed by atoms with Gasteiger partial charge in [-0.2, -0.15) is 0 Å². The highest BCUT2D eigenvalue weighted by molar-refractivity contribution is 6.33. The van der Waals surface area contributed by atoms with Crippen LogP contribution < -0.4 is 4.74 Å². The van der Waals surface area contributed by atoms with Gasteiger partial charge in [-0.1, -0.05) is 29.3 Å². The Morgan fingerprint density at radius 1 is 1.16 bits per heavy atom. The van der Waals surface area contributed by atoms with Crippen LogP contribution in [0.1, 0.15) is 15.9 Å². The molecule has 19 heavy (non-hydrogen) atoms. The normalized spacial score (nSPS) is 10.3. The van der Waals surface area contributed by atoms with Gasteiger partial charge in [-0.15, -0.1) is 0 Å². The van der Waals surface area contributed by atoms with Gasteiger partial charge in [-0.3, -0.25) is 0 Å². The summed E-state index contributed by atoms with van der Waals surface area (Å²) >= 11 is 6.17. The number of aromatic carboxylic acids is 1. The van der Waals surface area contributed by atoms with Crippen molar-refractivity contribution in [2.45, 2.75) is 6.92 Å². The Balaban J connectivity index is 2.59. The van der Waals surface area contributed by atoms with Gasteiger partial charge in [0.25, 0.3) is 0 Å². The third-order valence-electron chi connectivity index (χ3n) is 2.86. The lowest BCUT2D eigenvalue weighted by Gasteiger charge is -2.11. The summed E-state index contributed by atoms with van der Waals surface area (Å²) in [7, 11) is 1.59. The molecule has 2 rings (SSSR count). The fourth-order valence-electron chi connectivity index (χ4n) is 1.90. The third-order valence-corrected chi connectivity index (χ3v) is 3.17. The molecule has 98 valence electrons. The van der Waals surface area contributed by atoms with E-state index in [9.17, 15) is 4.79 Å². The second-order valence-corrected chi connectivity index (χ2v) is 4.61. The molecule has 3 nitrogen and oxygen atoms in total. The van der Waals surface area contributed by atoms with Crippen molar-refractivity contribution in [2.24, 2.45) is 0 Å². The Bertz CT molecular complexity index is 635. The topological polar surface area (TPSA) is 46.5 Å². The Labute approximate surface area is 116 Å². The number of rotatable bonds is 3. The van der Waals surface area contributed by atoms with E-state index in [1.165, 1.54) is 12.1 Å². The molecule has 0 aromatic heterocycles. The summed E-state index contributed by atoms with van der Waals surface area (Å²) in [5.41, 5.74) is 2.85. The molecule has 0 fully saturated rings. The number of halogens is 1. The maximum absolute atomic E-state index is 10.9. The molecule has 4 heteroatoms. The molecule has 0 aliphatic heterocycles. The molecule has 0 aliphatic carbocycles. The first-order chi connectivity index (χ1) is 9.02. The fourth-order valence-corrected chi connectivity index (χ4v) is 2.18. The van der Waals surface area contributed by atoms with E-state index in [0.717, 1.165) is 16.7 Å². The van der Waals surface area contributed by atoms with Crippen LogP contribution in [-0.2, 0) is 0 Å². The molecule has 2 aromatic carbocycles. The molecule has 1 N–H and O–H groups in total. The standard InChI is InChI=1S/C15H13ClO3/c1-9-3-6-14(19-2)12(7-9)11-5-4-10(15(17)18)8-13(11)16/h3-8H,1-2H3,(H,17,18). The Hall–Kier alpha value is -2.00.